The van der Waals surface area contributed by atoms with Crippen molar-refractivity contribution >= 4 is 5.78 Å². The largest absolute Gasteiger partial charge is 0.504 e. The van der Waals surface area contributed by atoms with Gasteiger partial charge in [-0.25, -0.2) is 0 Å². The molecule has 0 saturated heterocycles. The van der Waals surface area contributed by atoms with E-state index in [4.69, 9.17) is 0 Å². The van der Waals surface area contributed by atoms with Crippen LogP contribution in [0.2, 0.25) is 0 Å². The van der Waals surface area contributed by atoms with Gasteiger partial charge in [-0.05, 0) is 6.92 Å². The topological polar surface area (TPSA) is 34.9 Å². The Morgan fingerprint density at radius 3 is 2.42 bits per heavy atom. The lowest BCUT2D eigenvalue weighted by atomic mass is 10.3. The summed E-state index contributed by atoms with van der Waals surface area (Å²) in [6.07, 6.45) is -3.01. The van der Waals surface area contributed by atoms with Gasteiger partial charge in [-0.1, -0.05) is 0 Å². The first kappa shape index (κ1) is 8.76. The van der Waals surface area contributed by atoms with E-state index in [1.165, 1.54) is 6.92 Å². The minimum Gasteiger partial charge on any atom is -0.294 e. The van der Waals surface area contributed by atoms with Crippen molar-refractivity contribution in [3.8, 4) is 0 Å². The van der Waals surface area contributed by atoms with Crippen LogP contribution in [0.5, 0.6) is 0 Å². The smallest absolute Gasteiger partial charge is 0.294 e. The highest BCUT2D eigenvalue weighted by Gasteiger charge is 2.31. The fraction of sp³-hybridized carbons (Fsp3) is 0.333. The maximum absolute atomic E-state index is 11.9. The van der Waals surface area contributed by atoms with Crippen molar-refractivity contribution in [2.45, 2.75) is 13.2 Å². The fourth-order valence-corrected chi connectivity index (χ4v) is 0.643. The molecule has 12 heavy (non-hydrogen) atoms. The zero-order valence-corrected chi connectivity index (χ0v) is 6.09. The summed E-state index contributed by atoms with van der Waals surface area (Å²) < 4.78 is 35.4. The van der Waals surface area contributed by atoms with Crippen LogP contribution in [0.25, 0.3) is 0 Å². The van der Waals surface area contributed by atoms with Crippen molar-refractivity contribution in [1.29, 1.82) is 0 Å². The van der Waals surface area contributed by atoms with Gasteiger partial charge < -0.3 is 0 Å². The Hall–Kier alpha value is -1.33. The number of aromatic nitrogens is 2. The van der Waals surface area contributed by atoms with Crippen molar-refractivity contribution in [2.24, 2.45) is 0 Å². The van der Waals surface area contributed by atoms with Crippen LogP contribution in [0.1, 0.15) is 17.3 Å². The predicted molar refractivity (Wildman–Crippen MR) is 33.5 cm³/mol. The minimum absolute atomic E-state index is 0.0488. The second-order valence-corrected chi connectivity index (χ2v) is 2.20. The van der Waals surface area contributed by atoms with E-state index in [0.717, 1.165) is 6.20 Å². The first-order valence-corrected chi connectivity index (χ1v) is 3.04. The number of hydrogen-bond donors (Lipinski definition) is 0. The molecule has 0 fully saturated rings. The van der Waals surface area contributed by atoms with E-state index in [2.05, 4.69) is 5.10 Å². The lowest BCUT2D eigenvalue weighted by Gasteiger charge is -2.03. The Morgan fingerprint density at radius 2 is 2.17 bits per heavy atom. The van der Waals surface area contributed by atoms with Gasteiger partial charge in [0.05, 0.1) is 11.8 Å². The molecule has 0 radical (unpaired) electrons. The summed E-state index contributed by atoms with van der Waals surface area (Å²) in [6, 6.07) is 0. The second-order valence-electron chi connectivity index (χ2n) is 2.20. The number of ketones is 1. The number of alkyl halides is 3. The molecule has 66 valence electrons. The van der Waals surface area contributed by atoms with Gasteiger partial charge in [0, 0.05) is 6.20 Å². The number of rotatable bonds is 1. The number of carbonyl (C=O) groups is 1. The summed E-state index contributed by atoms with van der Waals surface area (Å²) >= 11 is 0. The lowest BCUT2D eigenvalue weighted by molar-refractivity contribution is -0.212. The van der Waals surface area contributed by atoms with Crippen LogP contribution < -0.4 is 0 Å². The average molecular weight is 178 g/mol. The average Bonchev–Trinajstić information content (AvgIpc) is 2.30. The number of nitrogens with zero attached hydrogens (tertiary/aromatic N) is 2. The van der Waals surface area contributed by atoms with Crippen LogP contribution in [0.15, 0.2) is 12.4 Å². The van der Waals surface area contributed by atoms with Gasteiger partial charge >= 0.3 is 6.30 Å². The molecule has 0 atom stereocenters. The standard InChI is InChI=1S/C6H5F3N2O/c1-4(12)5-2-10-11(3-5)6(7,8)9/h2-3H,1H3. The zero-order chi connectivity index (χ0) is 9.35. The number of hydrogen-bond acceptors (Lipinski definition) is 2. The van der Waals surface area contributed by atoms with E-state index in [1.54, 1.807) is 0 Å². The molecule has 1 rings (SSSR count). The third kappa shape index (κ3) is 1.63. The molecule has 0 bridgehead atoms. The van der Waals surface area contributed by atoms with Gasteiger partial charge in [0.1, 0.15) is 0 Å². The molecule has 0 aliphatic carbocycles. The zero-order valence-electron chi connectivity index (χ0n) is 6.09. The van der Waals surface area contributed by atoms with E-state index >= 15 is 0 Å². The van der Waals surface area contributed by atoms with E-state index < -0.39 is 12.1 Å². The van der Waals surface area contributed by atoms with Gasteiger partial charge in [0.25, 0.3) is 0 Å². The van der Waals surface area contributed by atoms with Crippen molar-refractivity contribution in [3.05, 3.63) is 18.0 Å². The summed E-state index contributed by atoms with van der Waals surface area (Å²) in [5.74, 6) is -0.439. The second kappa shape index (κ2) is 2.62. The fourth-order valence-electron chi connectivity index (χ4n) is 0.643. The number of Topliss-reactive ketones (excluding diaryl/α,β-unsaturated/α-hetero) is 1. The normalized spacial score (nSPS) is 11.7. The Labute approximate surface area is 65.8 Å². The summed E-state index contributed by atoms with van der Waals surface area (Å²) in [7, 11) is 0. The molecule has 1 heterocycles. The van der Waals surface area contributed by atoms with E-state index in [0.29, 0.717) is 6.20 Å². The monoisotopic (exact) mass is 178 g/mol. The summed E-state index contributed by atoms with van der Waals surface area (Å²) in [5, 5.41) is 2.98. The van der Waals surface area contributed by atoms with Gasteiger partial charge in [-0.2, -0.15) is 9.78 Å². The molecule has 1 aromatic rings. The first-order valence-electron chi connectivity index (χ1n) is 3.04. The maximum atomic E-state index is 11.9. The molecule has 0 spiro atoms. The Morgan fingerprint density at radius 1 is 1.58 bits per heavy atom. The molecule has 0 saturated carbocycles. The molecule has 3 nitrogen and oxygen atoms in total. The van der Waals surface area contributed by atoms with Crippen molar-refractivity contribution in [3.63, 3.8) is 0 Å². The molecular weight excluding hydrogens is 173 g/mol. The van der Waals surface area contributed by atoms with E-state index in [1.807, 2.05) is 0 Å². The molecule has 6 heteroatoms. The van der Waals surface area contributed by atoms with Crippen LogP contribution >= 0.6 is 0 Å². The molecule has 0 amide bonds. The molecule has 0 unspecified atom stereocenters. The number of halogens is 3. The van der Waals surface area contributed by atoms with Gasteiger partial charge in [0.15, 0.2) is 5.78 Å². The third-order valence-electron chi connectivity index (χ3n) is 1.25. The molecule has 0 aromatic carbocycles. The van der Waals surface area contributed by atoms with Crippen LogP contribution in [-0.4, -0.2) is 15.6 Å². The van der Waals surface area contributed by atoms with Crippen LogP contribution in [0, 0.1) is 0 Å². The summed E-state index contributed by atoms with van der Waals surface area (Å²) in [6.45, 7) is 1.18. The maximum Gasteiger partial charge on any atom is 0.504 e. The summed E-state index contributed by atoms with van der Waals surface area (Å²) in [4.78, 5) is 10.6. The highest BCUT2D eigenvalue weighted by Crippen LogP contribution is 2.20. The molecule has 1 aromatic heterocycles. The minimum atomic E-state index is -4.55. The van der Waals surface area contributed by atoms with Crippen molar-refractivity contribution in [1.82, 2.24) is 9.78 Å². The third-order valence-corrected chi connectivity index (χ3v) is 1.25. The van der Waals surface area contributed by atoms with E-state index in [-0.39, 0.29) is 10.2 Å². The molecule has 0 aliphatic rings. The SMILES string of the molecule is CC(=O)c1cnn(C(F)(F)F)c1. The highest BCUT2D eigenvalue weighted by molar-refractivity contribution is 5.93. The van der Waals surface area contributed by atoms with Gasteiger partial charge in [0.2, 0.25) is 0 Å². The van der Waals surface area contributed by atoms with Gasteiger partial charge in [-0.15, -0.1) is 13.2 Å². The highest BCUT2D eigenvalue weighted by atomic mass is 19.4. The lowest BCUT2D eigenvalue weighted by Crippen LogP contribution is -2.16. The van der Waals surface area contributed by atoms with Crippen LogP contribution in [-0.2, 0) is 6.30 Å². The number of carbonyl (C=O) groups excluding carboxylic acids is 1. The van der Waals surface area contributed by atoms with Crippen LogP contribution in [0.3, 0.4) is 0 Å². The first-order chi connectivity index (χ1) is 5.41. The van der Waals surface area contributed by atoms with Gasteiger partial charge in [-0.3, -0.25) is 4.79 Å². The predicted octanol–water partition coefficient (Wildman–Crippen LogP) is 1.56. The van der Waals surface area contributed by atoms with Crippen molar-refractivity contribution < 1.29 is 18.0 Å². The quantitative estimate of drug-likeness (QED) is 0.611. The summed E-state index contributed by atoms with van der Waals surface area (Å²) in [5.41, 5.74) is -0.0488. The Kier molecular flexibility index (Phi) is 1.91. The Balaban J connectivity index is 3.00. The van der Waals surface area contributed by atoms with Crippen molar-refractivity contribution in [2.75, 3.05) is 0 Å². The molecule has 0 aliphatic heterocycles. The molecular formula is C6H5F3N2O. The molecule has 0 N–H and O–H groups in total. The van der Waals surface area contributed by atoms with Crippen LogP contribution in [0.4, 0.5) is 13.2 Å². The Bertz CT molecular complexity index is 302. The van der Waals surface area contributed by atoms with E-state index in [9.17, 15) is 18.0 Å².